The number of aryl methyl sites for hydroxylation is 1. The van der Waals surface area contributed by atoms with Gasteiger partial charge in [-0.25, -0.2) is 8.42 Å². The SMILES string of the molecule is Cc1c(C(=O)Nc2ccccc2Br)oc2ccc(S(=O)(=O)N3CCC4(CC3)OCCO4)cc12. The number of nitrogens with zero attached hydrogens (tertiary/aromatic N) is 1. The molecule has 0 saturated carbocycles. The maximum absolute atomic E-state index is 13.3. The third kappa shape index (κ3) is 4.10. The van der Waals surface area contributed by atoms with Gasteiger partial charge in [-0.05, 0) is 53.2 Å². The molecule has 2 fully saturated rings. The van der Waals surface area contributed by atoms with Crippen molar-refractivity contribution in [2.45, 2.75) is 30.4 Å². The molecule has 0 atom stereocenters. The topological polar surface area (TPSA) is 98.1 Å². The second-order valence-electron chi connectivity index (χ2n) is 8.16. The molecule has 0 radical (unpaired) electrons. The first-order valence-corrected chi connectivity index (χ1v) is 12.9. The van der Waals surface area contributed by atoms with Gasteiger partial charge in [0.25, 0.3) is 5.91 Å². The summed E-state index contributed by atoms with van der Waals surface area (Å²) < 4.78 is 46.0. The number of rotatable bonds is 4. The highest BCUT2D eigenvalue weighted by Gasteiger charge is 2.42. The van der Waals surface area contributed by atoms with Gasteiger partial charge in [-0.1, -0.05) is 12.1 Å². The summed E-state index contributed by atoms with van der Waals surface area (Å²) in [6.45, 7) is 3.48. The highest BCUT2D eigenvalue weighted by atomic mass is 79.9. The van der Waals surface area contributed by atoms with Gasteiger partial charge < -0.3 is 19.2 Å². The van der Waals surface area contributed by atoms with Crippen LogP contribution in [0.4, 0.5) is 5.69 Å². The van der Waals surface area contributed by atoms with Crippen LogP contribution in [0.15, 0.2) is 56.2 Å². The summed E-state index contributed by atoms with van der Waals surface area (Å²) in [6, 6.07) is 12.0. The van der Waals surface area contributed by atoms with Crippen molar-refractivity contribution < 1.29 is 27.1 Å². The third-order valence-corrected chi connectivity index (χ3v) is 8.76. The lowest BCUT2D eigenvalue weighted by molar-refractivity contribution is -0.179. The minimum atomic E-state index is -3.71. The molecule has 2 aromatic carbocycles. The van der Waals surface area contributed by atoms with Gasteiger partial charge in [0.05, 0.1) is 23.8 Å². The van der Waals surface area contributed by atoms with Gasteiger partial charge >= 0.3 is 0 Å². The fourth-order valence-corrected chi connectivity index (χ4v) is 6.17. The Bertz CT molecular complexity index is 1320. The third-order valence-electron chi connectivity index (χ3n) is 6.17. The van der Waals surface area contributed by atoms with Crippen molar-refractivity contribution in [1.29, 1.82) is 0 Å². The first-order chi connectivity index (χ1) is 15.8. The van der Waals surface area contributed by atoms with Gasteiger partial charge in [0.2, 0.25) is 10.0 Å². The van der Waals surface area contributed by atoms with Crippen LogP contribution in [0.1, 0.15) is 29.0 Å². The summed E-state index contributed by atoms with van der Waals surface area (Å²) in [5, 5.41) is 3.41. The van der Waals surface area contributed by atoms with E-state index in [0.29, 0.717) is 61.4 Å². The van der Waals surface area contributed by atoms with E-state index in [1.165, 1.54) is 10.4 Å². The summed E-state index contributed by atoms with van der Waals surface area (Å²) in [5.74, 6) is -0.906. The molecule has 1 N–H and O–H groups in total. The highest BCUT2D eigenvalue weighted by Crippen LogP contribution is 2.35. The number of furan rings is 1. The number of ether oxygens (including phenoxy) is 2. The molecule has 1 spiro atoms. The van der Waals surface area contributed by atoms with E-state index in [4.69, 9.17) is 13.9 Å². The van der Waals surface area contributed by atoms with Gasteiger partial charge in [0, 0.05) is 41.4 Å². The lowest BCUT2D eigenvalue weighted by atomic mass is 10.1. The van der Waals surface area contributed by atoms with E-state index in [-0.39, 0.29) is 10.7 Å². The van der Waals surface area contributed by atoms with Crippen LogP contribution in [0.2, 0.25) is 0 Å². The average molecular weight is 535 g/mol. The van der Waals surface area contributed by atoms with E-state index in [0.717, 1.165) is 4.47 Å². The summed E-state index contributed by atoms with van der Waals surface area (Å²) >= 11 is 3.41. The van der Waals surface area contributed by atoms with Crippen molar-refractivity contribution in [2.24, 2.45) is 0 Å². The monoisotopic (exact) mass is 534 g/mol. The molecule has 33 heavy (non-hydrogen) atoms. The van der Waals surface area contributed by atoms with Crippen LogP contribution >= 0.6 is 15.9 Å². The van der Waals surface area contributed by atoms with Crippen LogP contribution < -0.4 is 5.32 Å². The summed E-state index contributed by atoms with van der Waals surface area (Å²) in [6.07, 6.45) is 0.997. The molecule has 8 nitrogen and oxygen atoms in total. The van der Waals surface area contributed by atoms with Gasteiger partial charge in [-0.15, -0.1) is 0 Å². The van der Waals surface area contributed by atoms with Crippen LogP contribution in [0.5, 0.6) is 0 Å². The largest absolute Gasteiger partial charge is 0.451 e. The number of fused-ring (bicyclic) bond motifs is 1. The normalized spacial score (nSPS) is 18.7. The molecule has 0 unspecified atom stereocenters. The van der Waals surface area contributed by atoms with E-state index in [1.807, 2.05) is 18.2 Å². The van der Waals surface area contributed by atoms with Crippen LogP contribution in [-0.2, 0) is 19.5 Å². The first kappa shape index (κ1) is 22.5. The molecule has 5 rings (SSSR count). The molecule has 2 aliphatic heterocycles. The summed E-state index contributed by atoms with van der Waals surface area (Å²) in [4.78, 5) is 13.0. The number of halogens is 1. The molecule has 3 heterocycles. The zero-order valence-electron chi connectivity index (χ0n) is 18.0. The molecular weight excluding hydrogens is 512 g/mol. The van der Waals surface area contributed by atoms with Gasteiger partial charge in [-0.2, -0.15) is 4.31 Å². The number of sulfonamides is 1. The van der Waals surface area contributed by atoms with Crippen molar-refractivity contribution in [3.05, 3.63) is 58.3 Å². The molecule has 2 aliphatic rings. The van der Waals surface area contributed by atoms with Crippen molar-refractivity contribution in [3.8, 4) is 0 Å². The number of nitrogens with one attached hydrogen (secondary N) is 1. The lowest BCUT2D eigenvalue weighted by Gasteiger charge is -2.36. The number of carbonyl (C=O) groups excluding carboxylic acids is 1. The van der Waals surface area contributed by atoms with Crippen molar-refractivity contribution in [1.82, 2.24) is 4.31 Å². The van der Waals surface area contributed by atoms with Gasteiger partial charge in [-0.3, -0.25) is 4.79 Å². The number of amides is 1. The Morgan fingerprint density at radius 3 is 2.48 bits per heavy atom. The minimum Gasteiger partial charge on any atom is -0.451 e. The van der Waals surface area contributed by atoms with E-state index >= 15 is 0 Å². The number of carbonyl (C=O) groups is 1. The Labute approximate surface area is 200 Å². The Morgan fingerprint density at radius 2 is 1.79 bits per heavy atom. The lowest BCUT2D eigenvalue weighted by Crippen LogP contribution is -2.47. The van der Waals surface area contributed by atoms with Crippen LogP contribution in [0, 0.1) is 6.92 Å². The number of hydrogen-bond donors (Lipinski definition) is 1. The predicted molar refractivity (Wildman–Crippen MR) is 126 cm³/mol. The maximum Gasteiger partial charge on any atom is 0.291 e. The smallest absolute Gasteiger partial charge is 0.291 e. The van der Waals surface area contributed by atoms with Crippen molar-refractivity contribution in [3.63, 3.8) is 0 Å². The maximum atomic E-state index is 13.3. The number of piperidine rings is 1. The van der Waals surface area contributed by atoms with Crippen LogP contribution in [0.25, 0.3) is 11.0 Å². The number of para-hydroxylation sites is 1. The van der Waals surface area contributed by atoms with Crippen molar-refractivity contribution in [2.75, 3.05) is 31.6 Å². The van der Waals surface area contributed by atoms with E-state index in [9.17, 15) is 13.2 Å². The Morgan fingerprint density at radius 1 is 1.09 bits per heavy atom. The molecule has 0 aliphatic carbocycles. The Hall–Kier alpha value is -2.24. The molecule has 0 bridgehead atoms. The minimum absolute atomic E-state index is 0.144. The molecular formula is C23H23BrN2O6S. The van der Waals surface area contributed by atoms with Crippen LogP contribution in [0.3, 0.4) is 0 Å². The second kappa shape index (κ2) is 8.52. The molecule has 2 saturated heterocycles. The average Bonchev–Trinajstić information content (AvgIpc) is 3.40. The molecule has 1 aromatic heterocycles. The predicted octanol–water partition coefficient (Wildman–Crippen LogP) is 4.28. The second-order valence-corrected chi connectivity index (χ2v) is 11.0. The standard InChI is InChI=1S/C23H23BrN2O6S/c1-15-17-14-16(33(28,29)26-10-8-23(9-11-26)30-12-13-31-23)6-7-20(17)32-21(15)22(27)25-19-5-3-2-4-18(19)24/h2-7,14H,8-13H2,1H3,(H,25,27). The quantitative estimate of drug-likeness (QED) is 0.536. The summed E-state index contributed by atoms with van der Waals surface area (Å²) in [5.41, 5.74) is 1.65. The van der Waals surface area contributed by atoms with E-state index in [2.05, 4.69) is 21.2 Å². The molecule has 174 valence electrons. The number of benzene rings is 2. The summed E-state index contributed by atoms with van der Waals surface area (Å²) in [7, 11) is -3.71. The van der Waals surface area contributed by atoms with Gasteiger partial charge in [0.1, 0.15) is 5.58 Å². The fourth-order valence-electron chi connectivity index (χ4n) is 4.32. The Kier molecular flexibility index (Phi) is 5.82. The zero-order chi connectivity index (χ0) is 23.2. The van der Waals surface area contributed by atoms with Gasteiger partial charge in [0.15, 0.2) is 11.5 Å². The van der Waals surface area contributed by atoms with E-state index in [1.54, 1.807) is 25.1 Å². The highest BCUT2D eigenvalue weighted by molar-refractivity contribution is 9.10. The molecule has 3 aromatic rings. The number of anilines is 1. The fraction of sp³-hybridized carbons (Fsp3) is 0.348. The van der Waals surface area contributed by atoms with E-state index < -0.39 is 21.7 Å². The Balaban J connectivity index is 1.40. The zero-order valence-corrected chi connectivity index (χ0v) is 20.4. The number of hydrogen-bond acceptors (Lipinski definition) is 6. The molecule has 1 amide bonds. The first-order valence-electron chi connectivity index (χ1n) is 10.7. The van der Waals surface area contributed by atoms with Crippen molar-refractivity contribution >= 4 is 48.5 Å². The van der Waals surface area contributed by atoms with Crippen LogP contribution in [-0.4, -0.2) is 50.7 Å². The molecule has 10 heteroatoms.